The third-order valence-electron chi connectivity index (χ3n) is 3.24. The number of hydrogen-bond donors (Lipinski definition) is 1. The fourth-order valence-corrected chi connectivity index (χ4v) is 2.30. The number of hydrogen-bond acceptors (Lipinski definition) is 3. The maximum absolute atomic E-state index is 13.3. The molecule has 1 aromatic rings. The first-order valence-corrected chi connectivity index (χ1v) is 6.20. The zero-order valence-corrected chi connectivity index (χ0v) is 10.4. The highest BCUT2D eigenvalue weighted by atomic mass is 19.1. The third kappa shape index (κ3) is 3.21. The first-order valence-electron chi connectivity index (χ1n) is 6.20. The minimum Gasteiger partial charge on any atom is -0.381 e. The Morgan fingerprint density at radius 2 is 2.11 bits per heavy atom. The molecule has 1 fully saturated rings. The van der Waals surface area contributed by atoms with Crippen molar-refractivity contribution in [3.05, 3.63) is 29.6 Å². The molecule has 0 saturated carbocycles. The van der Waals surface area contributed by atoms with E-state index in [2.05, 4.69) is 11.4 Å². The summed E-state index contributed by atoms with van der Waals surface area (Å²) < 4.78 is 18.6. The lowest BCUT2D eigenvalue weighted by atomic mass is 9.92. The number of nitrogens with zero attached hydrogens (tertiary/aromatic N) is 1. The molecule has 0 bridgehead atoms. The van der Waals surface area contributed by atoms with Gasteiger partial charge in [-0.15, -0.1) is 0 Å². The van der Waals surface area contributed by atoms with Crippen molar-refractivity contribution in [2.24, 2.45) is 5.92 Å². The normalized spacial score (nSPS) is 18.1. The lowest BCUT2D eigenvalue weighted by Crippen LogP contribution is -2.32. The molecule has 1 N–H and O–H groups in total. The van der Waals surface area contributed by atoms with Crippen molar-refractivity contribution in [3.8, 4) is 6.07 Å². The van der Waals surface area contributed by atoms with E-state index in [9.17, 15) is 9.65 Å². The third-order valence-corrected chi connectivity index (χ3v) is 3.24. The molecule has 0 spiro atoms. The standard InChI is InChI=1S/C14H17FN2O/c1-10-6-12(15)8-13(7-10)17-14(9-16)11-2-4-18-5-3-11/h6-8,11,14,17H,2-5H2,1H3. The summed E-state index contributed by atoms with van der Waals surface area (Å²) in [5.74, 6) is -0.00603. The van der Waals surface area contributed by atoms with Crippen LogP contribution in [0.3, 0.4) is 0 Å². The molecule has 0 aromatic heterocycles. The molecule has 0 aliphatic carbocycles. The van der Waals surface area contributed by atoms with Crippen molar-refractivity contribution in [2.75, 3.05) is 18.5 Å². The van der Waals surface area contributed by atoms with Crippen molar-refractivity contribution in [3.63, 3.8) is 0 Å². The number of anilines is 1. The highest BCUT2D eigenvalue weighted by Gasteiger charge is 2.23. The fourth-order valence-electron chi connectivity index (χ4n) is 2.30. The van der Waals surface area contributed by atoms with Crippen LogP contribution >= 0.6 is 0 Å². The van der Waals surface area contributed by atoms with Crippen LogP contribution in [0.5, 0.6) is 0 Å². The second kappa shape index (κ2) is 5.83. The monoisotopic (exact) mass is 248 g/mol. The van der Waals surface area contributed by atoms with Crippen molar-refractivity contribution in [1.29, 1.82) is 5.26 Å². The number of benzene rings is 1. The van der Waals surface area contributed by atoms with Crippen molar-refractivity contribution < 1.29 is 9.13 Å². The Balaban J connectivity index is 2.07. The quantitative estimate of drug-likeness (QED) is 0.894. The first kappa shape index (κ1) is 12.8. The van der Waals surface area contributed by atoms with Gasteiger partial charge < -0.3 is 10.1 Å². The highest BCUT2D eigenvalue weighted by molar-refractivity contribution is 5.48. The van der Waals surface area contributed by atoms with Gasteiger partial charge in [0, 0.05) is 18.9 Å². The van der Waals surface area contributed by atoms with Crippen LogP contribution in [0.4, 0.5) is 10.1 Å². The number of nitrogens with one attached hydrogen (secondary N) is 1. The molecule has 1 unspecified atom stereocenters. The van der Waals surface area contributed by atoms with E-state index in [0.29, 0.717) is 18.9 Å². The van der Waals surface area contributed by atoms with Gasteiger partial charge in [-0.1, -0.05) is 0 Å². The molecule has 1 aliphatic rings. The van der Waals surface area contributed by atoms with Gasteiger partial charge in [0.1, 0.15) is 11.9 Å². The molecule has 2 rings (SSSR count). The molecular formula is C14H17FN2O. The summed E-state index contributed by atoms with van der Waals surface area (Å²) in [5.41, 5.74) is 1.52. The second-order valence-corrected chi connectivity index (χ2v) is 4.72. The van der Waals surface area contributed by atoms with Crippen molar-refractivity contribution >= 4 is 5.69 Å². The molecule has 3 nitrogen and oxygen atoms in total. The molecule has 0 amide bonds. The lowest BCUT2D eigenvalue weighted by Gasteiger charge is -2.27. The fraction of sp³-hybridized carbons (Fsp3) is 0.500. The van der Waals surface area contributed by atoms with Gasteiger partial charge in [-0.25, -0.2) is 4.39 Å². The van der Waals surface area contributed by atoms with Crippen LogP contribution in [0.15, 0.2) is 18.2 Å². The van der Waals surface area contributed by atoms with Crippen LogP contribution in [0.25, 0.3) is 0 Å². The molecular weight excluding hydrogens is 231 g/mol. The molecule has 96 valence electrons. The Morgan fingerprint density at radius 3 is 2.72 bits per heavy atom. The summed E-state index contributed by atoms with van der Waals surface area (Å²) in [5, 5.41) is 12.4. The van der Waals surface area contributed by atoms with Crippen LogP contribution in [0.2, 0.25) is 0 Å². The predicted molar refractivity (Wildman–Crippen MR) is 67.7 cm³/mol. The van der Waals surface area contributed by atoms with E-state index >= 15 is 0 Å². The summed E-state index contributed by atoms with van der Waals surface area (Å²) in [7, 11) is 0. The second-order valence-electron chi connectivity index (χ2n) is 4.72. The maximum atomic E-state index is 13.3. The summed E-state index contributed by atoms with van der Waals surface area (Å²) in [6.07, 6.45) is 1.75. The Kier molecular flexibility index (Phi) is 4.16. The van der Waals surface area contributed by atoms with Gasteiger partial charge in [0.05, 0.1) is 6.07 Å². The zero-order valence-electron chi connectivity index (χ0n) is 10.4. The molecule has 1 heterocycles. The summed E-state index contributed by atoms with van der Waals surface area (Å²) in [6, 6.07) is 6.74. The number of halogens is 1. The van der Waals surface area contributed by atoms with Crippen LogP contribution < -0.4 is 5.32 Å². The van der Waals surface area contributed by atoms with Gasteiger partial charge in [-0.2, -0.15) is 5.26 Å². The van der Waals surface area contributed by atoms with Gasteiger partial charge in [0.25, 0.3) is 0 Å². The lowest BCUT2D eigenvalue weighted by molar-refractivity contribution is 0.0651. The zero-order chi connectivity index (χ0) is 13.0. The average molecular weight is 248 g/mol. The summed E-state index contributed by atoms with van der Waals surface area (Å²) >= 11 is 0. The Hall–Kier alpha value is -1.60. The molecule has 4 heteroatoms. The smallest absolute Gasteiger partial charge is 0.125 e. The largest absolute Gasteiger partial charge is 0.381 e. The minimum atomic E-state index is -0.282. The topological polar surface area (TPSA) is 45.0 Å². The number of rotatable bonds is 3. The SMILES string of the molecule is Cc1cc(F)cc(NC(C#N)C2CCOCC2)c1. The van der Waals surface area contributed by atoms with Gasteiger partial charge in [-0.3, -0.25) is 0 Å². The van der Waals surface area contributed by atoms with Crippen molar-refractivity contribution in [2.45, 2.75) is 25.8 Å². The molecule has 0 radical (unpaired) electrons. The predicted octanol–water partition coefficient (Wildman–Crippen LogP) is 2.86. The van der Waals surface area contributed by atoms with E-state index in [-0.39, 0.29) is 17.8 Å². The van der Waals surface area contributed by atoms with Crippen LogP contribution in [0, 0.1) is 30.0 Å². The van der Waals surface area contributed by atoms with Gasteiger partial charge in [0.2, 0.25) is 0 Å². The molecule has 1 aromatic carbocycles. The van der Waals surface area contributed by atoms with Crippen LogP contribution in [-0.4, -0.2) is 19.3 Å². The van der Waals surface area contributed by atoms with Gasteiger partial charge in [0.15, 0.2) is 0 Å². The van der Waals surface area contributed by atoms with Crippen LogP contribution in [-0.2, 0) is 4.74 Å². The van der Waals surface area contributed by atoms with E-state index < -0.39 is 0 Å². The molecule has 18 heavy (non-hydrogen) atoms. The molecule has 1 aliphatic heterocycles. The number of aryl methyl sites for hydroxylation is 1. The van der Waals surface area contributed by atoms with E-state index in [4.69, 9.17) is 4.74 Å². The summed E-state index contributed by atoms with van der Waals surface area (Å²) in [6.45, 7) is 3.24. The van der Waals surface area contributed by atoms with Gasteiger partial charge in [-0.05, 0) is 49.4 Å². The van der Waals surface area contributed by atoms with Gasteiger partial charge >= 0.3 is 0 Å². The van der Waals surface area contributed by atoms with E-state index in [1.807, 2.05) is 13.0 Å². The van der Waals surface area contributed by atoms with E-state index in [1.165, 1.54) is 12.1 Å². The van der Waals surface area contributed by atoms with E-state index in [0.717, 1.165) is 18.4 Å². The number of ether oxygens (including phenoxy) is 1. The molecule has 1 atom stereocenters. The average Bonchev–Trinajstić information content (AvgIpc) is 2.36. The van der Waals surface area contributed by atoms with Crippen LogP contribution in [0.1, 0.15) is 18.4 Å². The maximum Gasteiger partial charge on any atom is 0.125 e. The summed E-state index contributed by atoms with van der Waals surface area (Å²) in [4.78, 5) is 0. The first-order chi connectivity index (χ1) is 8.69. The highest BCUT2D eigenvalue weighted by Crippen LogP contribution is 2.22. The number of nitriles is 1. The van der Waals surface area contributed by atoms with E-state index in [1.54, 1.807) is 0 Å². The molecule has 1 saturated heterocycles. The Morgan fingerprint density at radius 1 is 1.39 bits per heavy atom. The Bertz CT molecular complexity index is 429. The van der Waals surface area contributed by atoms with Crippen molar-refractivity contribution in [1.82, 2.24) is 0 Å². The minimum absolute atomic E-state index is 0.271. The Labute approximate surface area is 107 Å².